The van der Waals surface area contributed by atoms with Crippen LogP contribution in [0.3, 0.4) is 0 Å². The van der Waals surface area contributed by atoms with Crippen molar-refractivity contribution in [2.75, 3.05) is 0 Å². The highest BCUT2D eigenvalue weighted by Crippen LogP contribution is 2.45. The van der Waals surface area contributed by atoms with Gasteiger partial charge in [0.25, 0.3) is 5.91 Å². The Morgan fingerprint density at radius 3 is 2.76 bits per heavy atom. The number of halogens is 1. The first-order valence-corrected chi connectivity index (χ1v) is 9.88. The Morgan fingerprint density at radius 1 is 1.14 bits per heavy atom. The second-order valence-corrected chi connectivity index (χ2v) is 7.76. The standard InChI is InChI=1S/C22H16BrN3O3/c23-14-6-3-5-13(11-14)21-18-19(16-8-1-2-9-17(16)27)24-25-20(18)22(28)26(21)12-15-7-4-10-29-15/h1-11,21,27H,12H2,(H,24,25). The molecule has 1 unspecified atom stereocenters. The second kappa shape index (κ2) is 6.93. The minimum absolute atomic E-state index is 0.117. The van der Waals surface area contributed by atoms with E-state index >= 15 is 0 Å². The molecule has 1 atom stereocenters. The predicted octanol–water partition coefficient (Wildman–Crippen LogP) is 4.88. The summed E-state index contributed by atoms with van der Waals surface area (Å²) in [5.74, 6) is 0.655. The molecule has 0 fully saturated rings. The number of amides is 1. The molecule has 2 aromatic heterocycles. The van der Waals surface area contributed by atoms with Gasteiger partial charge in [-0.05, 0) is 42.0 Å². The van der Waals surface area contributed by atoms with E-state index in [0.29, 0.717) is 29.3 Å². The van der Waals surface area contributed by atoms with Crippen molar-refractivity contribution in [2.45, 2.75) is 12.6 Å². The molecule has 0 spiro atoms. The van der Waals surface area contributed by atoms with Crippen LogP contribution in [0, 0.1) is 0 Å². The van der Waals surface area contributed by atoms with Crippen molar-refractivity contribution < 1.29 is 14.3 Å². The monoisotopic (exact) mass is 449 g/mol. The van der Waals surface area contributed by atoms with Crippen molar-refractivity contribution >= 4 is 21.8 Å². The SMILES string of the molecule is O=C1c2[nH]nc(-c3ccccc3O)c2C(c2cccc(Br)c2)N1Cc1ccco1. The van der Waals surface area contributed by atoms with Gasteiger partial charge in [0.2, 0.25) is 0 Å². The van der Waals surface area contributed by atoms with Gasteiger partial charge in [-0.1, -0.05) is 40.2 Å². The summed E-state index contributed by atoms with van der Waals surface area (Å²) in [7, 11) is 0. The first-order valence-electron chi connectivity index (χ1n) is 9.09. The van der Waals surface area contributed by atoms with Crippen LogP contribution >= 0.6 is 15.9 Å². The van der Waals surface area contributed by atoms with Crippen molar-refractivity contribution in [3.05, 3.63) is 94.0 Å². The van der Waals surface area contributed by atoms with Crippen LogP contribution in [0.2, 0.25) is 0 Å². The van der Waals surface area contributed by atoms with Crippen LogP contribution in [0.25, 0.3) is 11.3 Å². The Bertz CT molecular complexity index is 1200. The molecule has 6 nitrogen and oxygen atoms in total. The third-order valence-corrected chi connectivity index (χ3v) is 5.59. The number of fused-ring (bicyclic) bond motifs is 1. The largest absolute Gasteiger partial charge is 0.507 e. The molecule has 7 heteroatoms. The van der Waals surface area contributed by atoms with E-state index in [2.05, 4.69) is 26.1 Å². The Kier molecular flexibility index (Phi) is 4.24. The van der Waals surface area contributed by atoms with Gasteiger partial charge in [-0.15, -0.1) is 0 Å². The molecule has 2 N–H and O–H groups in total. The van der Waals surface area contributed by atoms with Crippen LogP contribution in [0.4, 0.5) is 0 Å². The molecular weight excluding hydrogens is 434 g/mol. The van der Waals surface area contributed by atoms with Crippen LogP contribution in [0.5, 0.6) is 5.75 Å². The summed E-state index contributed by atoms with van der Waals surface area (Å²) in [6.45, 7) is 0.325. The van der Waals surface area contributed by atoms with Crippen LogP contribution in [0.15, 0.2) is 75.8 Å². The van der Waals surface area contributed by atoms with Gasteiger partial charge in [0.15, 0.2) is 0 Å². The number of phenolic OH excluding ortho intramolecular Hbond substituents is 1. The smallest absolute Gasteiger partial charge is 0.273 e. The molecule has 1 amide bonds. The number of nitrogens with zero attached hydrogens (tertiary/aromatic N) is 2. The highest BCUT2D eigenvalue weighted by molar-refractivity contribution is 9.10. The topological polar surface area (TPSA) is 82.4 Å². The number of aromatic hydroxyl groups is 1. The third-order valence-electron chi connectivity index (χ3n) is 5.09. The molecule has 144 valence electrons. The van der Waals surface area contributed by atoms with Crippen molar-refractivity contribution in [1.82, 2.24) is 15.1 Å². The minimum atomic E-state index is -0.367. The molecule has 4 aromatic rings. The molecule has 3 heterocycles. The summed E-state index contributed by atoms with van der Waals surface area (Å²) in [4.78, 5) is 15.0. The lowest BCUT2D eigenvalue weighted by Gasteiger charge is -2.25. The number of carbonyl (C=O) groups excluding carboxylic acids is 1. The number of aromatic nitrogens is 2. The van der Waals surface area contributed by atoms with E-state index in [4.69, 9.17) is 4.42 Å². The summed E-state index contributed by atoms with van der Waals surface area (Å²) in [6.07, 6.45) is 1.60. The van der Waals surface area contributed by atoms with Crippen molar-refractivity contribution in [3.63, 3.8) is 0 Å². The van der Waals surface area contributed by atoms with Crippen molar-refractivity contribution in [2.24, 2.45) is 0 Å². The number of aromatic amines is 1. The molecule has 29 heavy (non-hydrogen) atoms. The Hall–Kier alpha value is -3.32. The zero-order valence-electron chi connectivity index (χ0n) is 15.2. The van der Waals surface area contributed by atoms with Crippen LogP contribution in [-0.2, 0) is 6.54 Å². The average Bonchev–Trinajstić information content (AvgIpc) is 3.42. The number of rotatable bonds is 4. The molecule has 1 aliphatic rings. The highest BCUT2D eigenvalue weighted by atomic mass is 79.9. The molecule has 0 saturated heterocycles. The number of H-pyrrole nitrogens is 1. The van der Waals surface area contributed by atoms with E-state index in [1.54, 1.807) is 35.4 Å². The summed E-state index contributed by atoms with van der Waals surface area (Å²) < 4.78 is 6.41. The number of furan rings is 1. The summed E-state index contributed by atoms with van der Waals surface area (Å²) >= 11 is 3.53. The van der Waals surface area contributed by atoms with Gasteiger partial charge in [-0.3, -0.25) is 9.89 Å². The van der Waals surface area contributed by atoms with E-state index in [9.17, 15) is 9.90 Å². The molecule has 0 aliphatic carbocycles. The van der Waals surface area contributed by atoms with Gasteiger partial charge in [-0.2, -0.15) is 5.10 Å². The average molecular weight is 450 g/mol. The molecule has 0 bridgehead atoms. The van der Waals surface area contributed by atoms with E-state index in [0.717, 1.165) is 15.6 Å². The number of hydrogen-bond acceptors (Lipinski definition) is 4. The van der Waals surface area contributed by atoms with Gasteiger partial charge in [0, 0.05) is 15.6 Å². The second-order valence-electron chi connectivity index (χ2n) is 6.85. The number of benzene rings is 2. The quantitative estimate of drug-likeness (QED) is 0.464. The van der Waals surface area contributed by atoms with E-state index in [1.165, 1.54) is 0 Å². The lowest BCUT2D eigenvalue weighted by Crippen LogP contribution is -2.29. The third kappa shape index (κ3) is 2.94. The summed E-state index contributed by atoms with van der Waals surface area (Å²) in [6, 6.07) is 18.1. The van der Waals surface area contributed by atoms with Gasteiger partial charge >= 0.3 is 0 Å². The summed E-state index contributed by atoms with van der Waals surface area (Å²) in [5, 5.41) is 17.7. The number of hydrogen-bond donors (Lipinski definition) is 2. The Balaban J connectivity index is 1.69. The first kappa shape index (κ1) is 17.8. The summed E-state index contributed by atoms with van der Waals surface area (Å²) in [5.41, 5.74) is 3.27. The van der Waals surface area contributed by atoms with Crippen molar-refractivity contribution in [3.8, 4) is 17.0 Å². The predicted molar refractivity (Wildman–Crippen MR) is 110 cm³/mol. The molecule has 0 radical (unpaired) electrons. The fourth-order valence-corrected chi connectivity index (χ4v) is 4.25. The lowest BCUT2D eigenvalue weighted by molar-refractivity contribution is 0.0717. The zero-order chi connectivity index (χ0) is 20.0. The Morgan fingerprint density at radius 2 is 2.00 bits per heavy atom. The van der Waals surface area contributed by atoms with Gasteiger partial charge in [0.05, 0.1) is 18.8 Å². The van der Waals surface area contributed by atoms with E-state index in [1.807, 2.05) is 36.4 Å². The fraction of sp³-hybridized carbons (Fsp3) is 0.0909. The maximum absolute atomic E-state index is 13.3. The fourth-order valence-electron chi connectivity index (χ4n) is 3.83. The number of para-hydroxylation sites is 1. The number of nitrogens with one attached hydrogen (secondary N) is 1. The molecule has 1 aliphatic heterocycles. The Labute approximate surface area is 174 Å². The van der Waals surface area contributed by atoms with E-state index in [-0.39, 0.29) is 17.7 Å². The van der Waals surface area contributed by atoms with E-state index < -0.39 is 0 Å². The van der Waals surface area contributed by atoms with Crippen LogP contribution < -0.4 is 0 Å². The van der Waals surface area contributed by atoms with Crippen LogP contribution in [-0.4, -0.2) is 26.1 Å². The molecule has 5 rings (SSSR count). The van der Waals surface area contributed by atoms with Gasteiger partial charge < -0.3 is 14.4 Å². The maximum atomic E-state index is 13.3. The maximum Gasteiger partial charge on any atom is 0.273 e. The zero-order valence-corrected chi connectivity index (χ0v) is 16.8. The van der Waals surface area contributed by atoms with Gasteiger partial charge in [-0.25, -0.2) is 0 Å². The molecule has 0 saturated carbocycles. The normalized spacial score (nSPS) is 15.7. The van der Waals surface area contributed by atoms with Gasteiger partial charge in [0.1, 0.15) is 22.9 Å². The number of carbonyl (C=O) groups is 1. The molecular formula is C22H16BrN3O3. The van der Waals surface area contributed by atoms with Crippen LogP contribution in [0.1, 0.15) is 33.4 Å². The minimum Gasteiger partial charge on any atom is -0.507 e. The molecule has 2 aromatic carbocycles. The van der Waals surface area contributed by atoms with Crippen molar-refractivity contribution in [1.29, 1.82) is 0 Å². The first-order chi connectivity index (χ1) is 14.1. The lowest BCUT2D eigenvalue weighted by atomic mass is 9.96. The highest BCUT2D eigenvalue weighted by Gasteiger charge is 2.42. The number of phenols is 1.